The third-order valence-corrected chi connectivity index (χ3v) is 3.37. The van der Waals surface area contributed by atoms with E-state index in [9.17, 15) is 0 Å². The molecule has 0 fully saturated rings. The van der Waals surface area contributed by atoms with E-state index in [0.29, 0.717) is 0 Å². The van der Waals surface area contributed by atoms with Crippen molar-refractivity contribution in [2.75, 3.05) is 0 Å². The van der Waals surface area contributed by atoms with Gasteiger partial charge in [0.15, 0.2) is 0 Å². The maximum Gasteiger partial charge on any atom is 0.00727 e. The molecule has 0 unspecified atom stereocenters. The molecule has 0 spiro atoms. The first-order valence-corrected chi connectivity index (χ1v) is 5.72. The Hall–Kier alpha value is -1.30. The quantitative estimate of drug-likeness (QED) is 0.642. The van der Waals surface area contributed by atoms with Crippen molar-refractivity contribution in [2.45, 2.75) is 38.5 Å². The van der Waals surface area contributed by atoms with Crippen molar-refractivity contribution >= 4 is 0 Å². The second-order valence-corrected chi connectivity index (χ2v) is 5.43. The normalized spacial score (nSPS) is 12.2. The van der Waals surface area contributed by atoms with Gasteiger partial charge in [0.25, 0.3) is 0 Å². The Labute approximate surface area is 99.7 Å². The Morgan fingerprint density at radius 3 is 1.56 bits per heavy atom. The fourth-order valence-corrected chi connectivity index (χ4v) is 1.56. The minimum absolute atomic E-state index is 0.0211. The molecule has 1 aromatic rings. The van der Waals surface area contributed by atoms with E-state index in [1.54, 1.807) is 0 Å². The summed E-state index contributed by atoms with van der Waals surface area (Å²) < 4.78 is 0. The average molecular weight is 214 g/mol. The first kappa shape index (κ1) is 12.8. The van der Waals surface area contributed by atoms with Crippen LogP contribution in [0.15, 0.2) is 49.6 Å². The standard InChI is InChI=1S/C16H22/c1-7-15(3,4)13-10-9-11-14(12-13)16(5,6)8-2/h7-12H,1-2H2,3-6H3. The molecule has 0 heteroatoms. The van der Waals surface area contributed by atoms with Gasteiger partial charge in [0, 0.05) is 10.8 Å². The molecule has 86 valence electrons. The molecule has 0 amide bonds. The second kappa shape index (κ2) is 4.29. The molecular weight excluding hydrogens is 192 g/mol. The molecule has 0 atom stereocenters. The molecule has 0 aliphatic rings. The molecule has 0 nitrogen and oxygen atoms in total. The largest absolute Gasteiger partial charge is 0.102 e. The molecule has 16 heavy (non-hydrogen) atoms. The fourth-order valence-electron chi connectivity index (χ4n) is 1.56. The van der Waals surface area contributed by atoms with Crippen LogP contribution in [-0.2, 0) is 10.8 Å². The lowest BCUT2D eigenvalue weighted by Crippen LogP contribution is -2.17. The van der Waals surface area contributed by atoms with E-state index in [-0.39, 0.29) is 10.8 Å². The number of hydrogen-bond acceptors (Lipinski definition) is 0. The van der Waals surface area contributed by atoms with Crippen LogP contribution in [0.2, 0.25) is 0 Å². The highest BCUT2D eigenvalue weighted by molar-refractivity contribution is 5.37. The van der Waals surface area contributed by atoms with Crippen molar-refractivity contribution in [1.82, 2.24) is 0 Å². The summed E-state index contributed by atoms with van der Waals surface area (Å²) in [5.41, 5.74) is 2.64. The van der Waals surface area contributed by atoms with E-state index in [1.165, 1.54) is 11.1 Å². The van der Waals surface area contributed by atoms with E-state index in [1.807, 2.05) is 12.2 Å². The minimum Gasteiger partial charge on any atom is -0.102 e. The van der Waals surface area contributed by atoms with Crippen LogP contribution in [-0.4, -0.2) is 0 Å². The van der Waals surface area contributed by atoms with E-state index in [4.69, 9.17) is 0 Å². The second-order valence-electron chi connectivity index (χ2n) is 5.43. The van der Waals surface area contributed by atoms with E-state index in [0.717, 1.165) is 0 Å². The van der Waals surface area contributed by atoms with Crippen LogP contribution in [0.5, 0.6) is 0 Å². The minimum atomic E-state index is 0.0211. The van der Waals surface area contributed by atoms with Crippen LogP contribution in [0, 0.1) is 0 Å². The lowest BCUT2D eigenvalue weighted by atomic mass is 9.79. The summed E-state index contributed by atoms with van der Waals surface area (Å²) in [7, 11) is 0. The molecule has 0 aromatic heterocycles. The zero-order valence-electron chi connectivity index (χ0n) is 10.9. The summed E-state index contributed by atoms with van der Waals surface area (Å²) in [6.07, 6.45) is 3.99. The van der Waals surface area contributed by atoms with Gasteiger partial charge < -0.3 is 0 Å². The third-order valence-electron chi connectivity index (χ3n) is 3.37. The summed E-state index contributed by atoms with van der Waals surface area (Å²) in [5, 5.41) is 0. The summed E-state index contributed by atoms with van der Waals surface area (Å²) in [6.45, 7) is 16.5. The highest BCUT2D eigenvalue weighted by atomic mass is 14.2. The van der Waals surface area contributed by atoms with Gasteiger partial charge in [-0.1, -0.05) is 64.1 Å². The van der Waals surface area contributed by atoms with Gasteiger partial charge in [-0.15, -0.1) is 13.2 Å². The van der Waals surface area contributed by atoms with Gasteiger partial charge >= 0.3 is 0 Å². The maximum absolute atomic E-state index is 3.90. The highest BCUT2D eigenvalue weighted by Crippen LogP contribution is 2.30. The summed E-state index contributed by atoms with van der Waals surface area (Å²) in [6, 6.07) is 8.68. The Kier molecular flexibility index (Phi) is 3.42. The van der Waals surface area contributed by atoms with Gasteiger partial charge in [-0.3, -0.25) is 0 Å². The topological polar surface area (TPSA) is 0 Å². The van der Waals surface area contributed by atoms with Crippen molar-refractivity contribution in [3.63, 3.8) is 0 Å². The van der Waals surface area contributed by atoms with Gasteiger partial charge in [0.2, 0.25) is 0 Å². The van der Waals surface area contributed by atoms with Crippen LogP contribution in [0.25, 0.3) is 0 Å². The molecule has 1 aromatic carbocycles. The SMILES string of the molecule is C=CC(C)(C)c1cccc(C(C)(C)C=C)c1. The molecular formula is C16H22. The van der Waals surface area contributed by atoms with Crippen molar-refractivity contribution in [2.24, 2.45) is 0 Å². The zero-order valence-corrected chi connectivity index (χ0v) is 10.9. The van der Waals surface area contributed by atoms with Gasteiger partial charge in [-0.25, -0.2) is 0 Å². The number of hydrogen-bond donors (Lipinski definition) is 0. The molecule has 0 saturated carbocycles. The van der Waals surface area contributed by atoms with Crippen molar-refractivity contribution in [3.05, 3.63) is 60.7 Å². The predicted molar refractivity (Wildman–Crippen MR) is 72.9 cm³/mol. The monoisotopic (exact) mass is 214 g/mol. The van der Waals surface area contributed by atoms with Crippen LogP contribution < -0.4 is 0 Å². The molecule has 0 aliphatic carbocycles. The molecule has 0 aliphatic heterocycles. The van der Waals surface area contributed by atoms with Crippen LogP contribution in [0.3, 0.4) is 0 Å². The Balaban J connectivity index is 3.24. The number of benzene rings is 1. The molecule has 1 rings (SSSR count). The average Bonchev–Trinajstić information content (AvgIpc) is 2.29. The molecule has 0 heterocycles. The summed E-state index contributed by atoms with van der Waals surface area (Å²) in [4.78, 5) is 0. The molecule has 0 N–H and O–H groups in total. The van der Waals surface area contributed by atoms with E-state index < -0.39 is 0 Å². The summed E-state index contributed by atoms with van der Waals surface area (Å²) in [5.74, 6) is 0. The first-order chi connectivity index (χ1) is 7.33. The van der Waals surface area contributed by atoms with Gasteiger partial charge in [0.1, 0.15) is 0 Å². The number of allylic oxidation sites excluding steroid dienone is 2. The predicted octanol–water partition coefficient (Wildman–Crippen LogP) is 4.61. The van der Waals surface area contributed by atoms with E-state index in [2.05, 4.69) is 65.1 Å². The third kappa shape index (κ3) is 2.44. The maximum atomic E-state index is 3.90. The van der Waals surface area contributed by atoms with Crippen molar-refractivity contribution < 1.29 is 0 Å². The van der Waals surface area contributed by atoms with Crippen molar-refractivity contribution in [3.8, 4) is 0 Å². The Bertz CT molecular complexity index is 359. The van der Waals surface area contributed by atoms with Gasteiger partial charge in [-0.2, -0.15) is 0 Å². The molecule has 0 saturated heterocycles. The molecule has 0 bridgehead atoms. The lowest BCUT2D eigenvalue weighted by molar-refractivity contribution is 0.647. The van der Waals surface area contributed by atoms with Gasteiger partial charge in [-0.05, 0) is 11.1 Å². The summed E-state index contributed by atoms with van der Waals surface area (Å²) >= 11 is 0. The fraction of sp³-hybridized carbons (Fsp3) is 0.375. The first-order valence-electron chi connectivity index (χ1n) is 5.72. The molecule has 0 radical (unpaired) electrons. The highest BCUT2D eigenvalue weighted by Gasteiger charge is 2.20. The van der Waals surface area contributed by atoms with Crippen molar-refractivity contribution in [1.29, 1.82) is 0 Å². The van der Waals surface area contributed by atoms with Gasteiger partial charge in [0.05, 0.1) is 0 Å². The Morgan fingerprint density at radius 2 is 1.25 bits per heavy atom. The van der Waals surface area contributed by atoms with Crippen LogP contribution >= 0.6 is 0 Å². The number of rotatable bonds is 4. The van der Waals surface area contributed by atoms with Crippen LogP contribution in [0.1, 0.15) is 38.8 Å². The Morgan fingerprint density at radius 1 is 0.875 bits per heavy atom. The lowest BCUT2D eigenvalue weighted by Gasteiger charge is -2.25. The smallest absolute Gasteiger partial charge is 0.00727 e. The zero-order chi connectivity index (χ0) is 12.4. The van der Waals surface area contributed by atoms with Crippen LogP contribution in [0.4, 0.5) is 0 Å². The van der Waals surface area contributed by atoms with E-state index >= 15 is 0 Å².